The number of hydrogen-bond donors (Lipinski definition) is 3. The molecule has 0 bridgehead atoms. The zero-order valence-corrected chi connectivity index (χ0v) is 16.4. The molecule has 1 aromatic carbocycles. The minimum Gasteiger partial charge on any atom is -0.394 e. The highest BCUT2D eigenvalue weighted by atomic mass is 16.3. The minimum atomic E-state index is -0.0807. The first kappa shape index (κ1) is 19.1. The second kappa shape index (κ2) is 8.35. The summed E-state index contributed by atoms with van der Waals surface area (Å²) in [7, 11) is 0. The lowest BCUT2D eigenvalue weighted by atomic mass is 10.1. The molecule has 0 amide bonds. The van der Waals surface area contributed by atoms with Crippen molar-refractivity contribution in [3.8, 4) is 0 Å². The highest BCUT2D eigenvalue weighted by Gasteiger charge is 2.16. The van der Waals surface area contributed by atoms with E-state index in [1.54, 1.807) is 6.33 Å². The van der Waals surface area contributed by atoms with Crippen molar-refractivity contribution in [1.82, 2.24) is 19.5 Å². The average Bonchev–Trinajstić information content (AvgIpc) is 3.09. The van der Waals surface area contributed by atoms with Crippen LogP contribution in [-0.2, 0) is 6.54 Å². The van der Waals surface area contributed by atoms with E-state index in [0.717, 1.165) is 17.6 Å². The van der Waals surface area contributed by atoms with Crippen molar-refractivity contribution in [2.45, 2.75) is 52.7 Å². The van der Waals surface area contributed by atoms with Gasteiger partial charge in [0.15, 0.2) is 17.0 Å². The monoisotopic (exact) mass is 368 g/mol. The molecule has 0 fully saturated rings. The average molecular weight is 368 g/mol. The predicted molar refractivity (Wildman–Crippen MR) is 109 cm³/mol. The topological polar surface area (TPSA) is 87.9 Å². The van der Waals surface area contributed by atoms with E-state index in [4.69, 9.17) is 0 Å². The lowest BCUT2D eigenvalue weighted by molar-refractivity contribution is 0.271. The molecule has 0 spiro atoms. The van der Waals surface area contributed by atoms with Gasteiger partial charge in [0, 0.05) is 12.6 Å². The fourth-order valence-electron chi connectivity index (χ4n) is 2.83. The van der Waals surface area contributed by atoms with Crippen molar-refractivity contribution in [2.24, 2.45) is 0 Å². The first-order valence-corrected chi connectivity index (χ1v) is 9.43. The standard InChI is InChI=1S/C20H28N6O/c1-5-16(11-27)23-20-24-18(21-10-15-8-6-14(4)7-9-15)17-19(25-20)26(12-22-17)13(2)3/h6-9,12-13,16,27H,5,10-11H2,1-4H3,(H2,21,23,24,25). The third-order valence-electron chi connectivity index (χ3n) is 4.60. The molecular formula is C20H28N6O. The van der Waals surface area contributed by atoms with E-state index in [1.807, 2.05) is 11.5 Å². The Balaban J connectivity index is 1.94. The van der Waals surface area contributed by atoms with Gasteiger partial charge in [-0.1, -0.05) is 36.8 Å². The minimum absolute atomic E-state index is 0.0352. The number of hydrogen-bond acceptors (Lipinski definition) is 6. The third kappa shape index (κ3) is 4.36. The molecular weight excluding hydrogens is 340 g/mol. The van der Waals surface area contributed by atoms with Gasteiger partial charge in [0.05, 0.1) is 19.0 Å². The maximum atomic E-state index is 9.50. The zero-order chi connectivity index (χ0) is 19.4. The Bertz CT molecular complexity index is 883. The van der Waals surface area contributed by atoms with E-state index in [-0.39, 0.29) is 18.7 Å². The lowest BCUT2D eigenvalue weighted by Crippen LogP contribution is -2.24. The van der Waals surface area contributed by atoms with Crippen LogP contribution in [0.1, 0.15) is 44.4 Å². The second-order valence-corrected chi connectivity index (χ2v) is 7.08. The van der Waals surface area contributed by atoms with Crippen molar-refractivity contribution in [2.75, 3.05) is 17.2 Å². The molecule has 0 radical (unpaired) electrons. The Morgan fingerprint density at radius 1 is 1.15 bits per heavy atom. The Kier molecular flexibility index (Phi) is 5.91. The first-order chi connectivity index (χ1) is 13.0. The van der Waals surface area contributed by atoms with Gasteiger partial charge in [-0.3, -0.25) is 0 Å². The summed E-state index contributed by atoms with van der Waals surface area (Å²) in [5.74, 6) is 1.19. The summed E-state index contributed by atoms with van der Waals surface area (Å²) >= 11 is 0. The van der Waals surface area contributed by atoms with Crippen molar-refractivity contribution in [1.29, 1.82) is 0 Å². The molecule has 2 aromatic heterocycles. The van der Waals surface area contributed by atoms with E-state index < -0.39 is 0 Å². The van der Waals surface area contributed by atoms with Gasteiger partial charge in [-0.2, -0.15) is 9.97 Å². The fraction of sp³-hybridized carbons (Fsp3) is 0.450. The highest BCUT2D eigenvalue weighted by molar-refractivity contribution is 5.84. The molecule has 0 aliphatic rings. The van der Waals surface area contributed by atoms with Gasteiger partial charge < -0.3 is 20.3 Å². The van der Waals surface area contributed by atoms with Crippen LogP contribution in [0.2, 0.25) is 0 Å². The number of aliphatic hydroxyl groups excluding tert-OH is 1. The number of rotatable bonds is 8. The van der Waals surface area contributed by atoms with Crippen LogP contribution in [0.25, 0.3) is 11.2 Å². The van der Waals surface area contributed by atoms with Crippen LogP contribution in [0.5, 0.6) is 0 Å². The Labute approximate surface area is 159 Å². The largest absolute Gasteiger partial charge is 0.394 e. The number of nitrogens with zero attached hydrogens (tertiary/aromatic N) is 4. The Morgan fingerprint density at radius 3 is 2.52 bits per heavy atom. The van der Waals surface area contributed by atoms with Crippen molar-refractivity contribution < 1.29 is 5.11 Å². The highest BCUT2D eigenvalue weighted by Crippen LogP contribution is 2.24. The zero-order valence-electron chi connectivity index (χ0n) is 16.4. The van der Waals surface area contributed by atoms with E-state index in [0.29, 0.717) is 18.3 Å². The first-order valence-electron chi connectivity index (χ1n) is 9.43. The molecule has 0 saturated carbocycles. The molecule has 0 aliphatic carbocycles. The molecule has 144 valence electrons. The number of aliphatic hydroxyl groups is 1. The number of imidazole rings is 1. The number of benzene rings is 1. The van der Waals surface area contributed by atoms with Crippen LogP contribution >= 0.6 is 0 Å². The van der Waals surface area contributed by atoms with E-state index >= 15 is 0 Å². The Hall–Kier alpha value is -2.67. The summed E-state index contributed by atoms with van der Waals surface area (Å²) < 4.78 is 2.03. The fourth-order valence-corrected chi connectivity index (χ4v) is 2.83. The number of anilines is 2. The molecule has 2 heterocycles. The van der Waals surface area contributed by atoms with Gasteiger partial charge in [0.1, 0.15) is 0 Å². The van der Waals surface area contributed by atoms with Crippen LogP contribution in [0.4, 0.5) is 11.8 Å². The second-order valence-electron chi connectivity index (χ2n) is 7.08. The molecule has 3 aromatic rings. The van der Waals surface area contributed by atoms with Crippen molar-refractivity contribution in [3.05, 3.63) is 41.7 Å². The molecule has 1 atom stereocenters. The van der Waals surface area contributed by atoms with Crippen molar-refractivity contribution >= 4 is 22.9 Å². The number of aryl methyl sites for hydroxylation is 1. The van der Waals surface area contributed by atoms with Gasteiger partial charge in [-0.05, 0) is 32.8 Å². The molecule has 1 unspecified atom stereocenters. The maximum Gasteiger partial charge on any atom is 0.227 e. The van der Waals surface area contributed by atoms with Crippen LogP contribution in [0, 0.1) is 6.92 Å². The summed E-state index contributed by atoms with van der Waals surface area (Å²) in [6.45, 7) is 8.97. The summed E-state index contributed by atoms with van der Waals surface area (Å²) in [5.41, 5.74) is 3.94. The molecule has 3 rings (SSSR count). The maximum absolute atomic E-state index is 9.50. The molecule has 27 heavy (non-hydrogen) atoms. The van der Waals surface area contributed by atoms with Crippen LogP contribution in [0.3, 0.4) is 0 Å². The van der Waals surface area contributed by atoms with Gasteiger partial charge >= 0.3 is 0 Å². The summed E-state index contributed by atoms with van der Waals surface area (Å²) in [4.78, 5) is 13.8. The normalized spacial score (nSPS) is 12.5. The van der Waals surface area contributed by atoms with Crippen LogP contribution in [-0.4, -0.2) is 37.3 Å². The molecule has 0 aliphatic heterocycles. The lowest BCUT2D eigenvalue weighted by Gasteiger charge is -2.16. The van der Waals surface area contributed by atoms with Gasteiger partial charge in [0.2, 0.25) is 5.95 Å². The number of aromatic nitrogens is 4. The van der Waals surface area contributed by atoms with Crippen LogP contribution < -0.4 is 10.6 Å². The summed E-state index contributed by atoms with van der Waals surface area (Å²) in [6, 6.07) is 8.56. The van der Waals surface area contributed by atoms with E-state index in [9.17, 15) is 5.11 Å². The van der Waals surface area contributed by atoms with Gasteiger partial charge in [0.25, 0.3) is 0 Å². The van der Waals surface area contributed by atoms with E-state index in [2.05, 4.69) is 70.6 Å². The van der Waals surface area contributed by atoms with Gasteiger partial charge in [-0.15, -0.1) is 0 Å². The van der Waals surface area contributed by atoms with E-state index in [1.165, 1.54) is 11.1 Å². The quantitative estimate of drug-likeness (QED) is 0.564. The number of nitrogens with one attached hydrogen (secondary N) is 2. The molecule has 3 N–H and O–H groups in total. The molecule has 0 saturated heterocycles. The Morgan fingerprint density at radius 2 is 1.89 bits per heavy atom. The van der Waals surface area contributed by atoms with Gasteiger partial charge in [-0.25, -0.2) is 4.98 Å². The summed E-state index contributed by atoms with van der Waals surface area (Å²) in [5, 5.41) is 16.1. The third-order valence-corrected chi connectivity index (χ3v) is 4.60. The summed E-state index contributed by atoms with van der Waals surface area (Å²) in [6.07, 6.45) is 2.58. The van der Waals surface area contributed by atoms with Crippen LogP contribution in [0.15, 0.2) is 30.6 Å². The SMILES string of the molecule is CCC(CO)Nc1nc(NCc2ccc(C)cc2)c2ncn(C(C)C)c2n1. The molecule has 7 heteroatoms. The number of fused-ring (bicyclic) bond motifs is 1. The smallest absolute Gasteiger partial charge is 0.227 e. The van der Waals surface area contributed by atoms with Crippen molar-refractivity contribution in [3.63, 3.8) is 0 Å². The predicted octanol–water partition coefficient (Wildman–Crippen LogP) is 3.51. The molecule has 7 nitrogen and oxygen atoms in total.